The van der Waals surface area contributed by atoms with Gasteiger partial charge in [-0.3, -0.25) is 0 Å². The zero-order valence-electron chi connectivity index (χ0n) is 17.0. The number of aromatic nitrogens is 1. The van der Waals surface area contributed by atoms with Crippen molar-refractivity contribution < 1.29 is 19.0 Å². The highest BCUT2D eigenvalue weighted by Crippen LogP contribution is 2.45. The molecular weight excluding hydrogens is 359 g/mol. The first kappa shape index (κ1) is 20.1. The number of ether oxygens (including phenoxy) is 1. The lowest BCUT2D eigenvalue weighted by Crippen LogP contribution is -2.40. The predicted molar refractivity (Wildman–Crippen MR) is 106 cm³/mol. The summed E-state index contributed by atoms with van der Waals surface area (Å²) in [5, 5.41) is 11.8. The highest BCUT2D eigenvalue weighted by molar-refractivity contribution is 5.68. The van der Waals surface area contributed by atoms with Gasteiger partial charge in [-0.1, -0.05) is 13.8 Å². The van der Waals surface area contributed by atoms with Crippen molar-refractivity contribution in [3.8, 4) is 17.0 Å². The van der Waals surface area contributed by atoms with E-state index in [1.165, 1.54) is 6.07 Å². The van der Waals surface area contributed by atoms with Crippen LogP contribution in [0.5, 0.6) is 5.88 Å². The van der Waals surface area contributed by atoms with E-state index in [0.29, 0.717) is 22.6 Å². The smallest absolute Gasteiger partial charge is 0.405 e. The van der Waals surface area contributed by atoms with Crippen LogP contribution < -0.4 is 10.1 Å². The van der Waals surface area contributed by atoms with Gasteiger partial charge < -0.3 is 15.2 Å². The van der Waals surface area contributed by atoms with Crippen LogP contribution in [0.1, 0.15) is 58.2 Å². The summed E-state index contributed by atoms with van der Waals surface area (Å²) in [6.45, 7) is 9.79. The van der Waals surface area contributed by atoms with Crippen molar-refractivity contribution in [2.45, 2.75) is 59.1 Å². The van der Waals surface area contributed by atoms with Crippen molar-refractivity contribution in [1.29, 1.82) is 0 Å². The zero-order chi connectivity index (χ0) is 20.7. The molecule has 0 fully saturated rings. The van der Waals surface area contributed by atoms with E-state index in [4.69, 9.17) is 4.74 Å². The molecule has 1 amide bonds. The quantitative estimate of drug-likeness (QED) is 0.746. The Kier molecular flexibility index (Phi) is 5.08. The minimum absolute atomic E-state index is 0.288. The van der Waals surface area contributed by atoms with Gasteiger partial charge in [0, 0.05) is 17.8 Å². The molecule has 1 aromatic heterocycles. The molecule has 3 rings (SSSR count). The SMILES string of the molecule is CC(C)(C)Oc1cc(-c2cc3c(cc2F)[C@@H](NC(=O)O)C(C)(C)CC3)ccn1. The van der Waals surface area contributed by atoms with Crippen LogP contribution in [0.3, 0.4) is 0 Å². The molecule has 1 aromatic carbocycles. The average Bonchev–Trinajstić information content (AvgIpc) is 2.56. The van der Waals surface area contributed by atoms with E-state index < -0.39 is 17.7 Å². The van der Waals surface area contributed by atoms with Crippen molar-refractivity contribution in [1.82, 2.24) is 10.3 Å². The maximum absolute atomic E-state index is 15.1. The molecular formula is C22H27FN2O3. The lowest BCUT2D eigenvalue weighted by Gasteiger charge is -2.40. The lowest BCUT2D eigenvalue weighted by atomic mass is 9.70. The van der Waals surface area contributed by atoms with Crippen molar-refractivity contribution in [3.05, 3.63) is 47.4 Å². The summed E-state index contributed by atoms with van der Waals surface area (Å²) >= 11 is 0. The maximum atomic E-state index is 15.1. The van der Waals surface area contributed by atoms with E-state index >= 15 is 4.39 Å². The summed E-state index contributed by atoms with van der Waals surface area (Å²) in [6.07, 6.45) is 2.08. The van der Waals surface area contributed by atoms with E-state index in [0.717, 1.165) is 18.4 Å². The van der Waals surface area contributed by atoms with Gasteiger partial charge in [-0.25, -0.2) is 14.2 Å². The lowest BCUT2D eigenvalue weighted by molar-refractivity contribution is 0.124. The second-order valence-corrected chi connectivity index (χ2v) is 9.00. The molecule has 1 atom stereocenters. The van der Waals surface area contributed by atoms with Crippen molar-refractivity contribution in [2.75, 3.05) is 0 Å². The van der Waals surface area contributed by atoms with Crippen LogP contribution in [0.25, 0.3) is 11.1 Å². The monoisotopic (exact) mass is 386 g/mol. The van der Waals surface area contributed by atoms with Gasteiger partial charge in [0.05, 0.1) is 6.04 Å². The summed E-state index contributed by atoms with van der Waals surface area (Å²) in [5.74, 6) is 0.0511. The zero-order valence-corrected chi connectivity index (χ0v) is 17.0. The van der Waals surface area contributed by atoms with Gasteiger partial charge >= 0.3 is 6.09 Å². The van der Waals surface area contributed by atoms with Crippen molar-refractivity contribution in [3.63, 3.8) is 0 Å². The van der Waals surface area contributed by atoms with Gasteiger partial charge in [0.15, 0.2) is 0 Å². The average molecular weight is 386 g/mol. The fraction of sp³-hybridized carbons (Fsp3) is 0.455. The molecule has 5 nitrogen and oxygen atoms in total. The van der Waals surface area contributed by atoms with E-state index in [-0.39, 0.29) is 11.2 Å². The molecule has 1 aliphatic carbocycles. The molecule has 1 aliphatic rings. The number of benzene rings is 1. The number of amides is 1. The fourth-order valence-electron chi connectivity index (χ4n) is 3.71. The van der Waals surface area contributed by atoms with E-state index in [1.54, 1.807) is 18.3 Å². The van der Waals surface area contributed by atoms with Crippen LogP contribution in [-0.2, 0) is 6.42 Å². The Balaban J connectivity index is 2.03. The van der Waals surface area contributed by atoms with Crippen LogP contribution in [-0.4, -0.2) is 21.8 Å². The summed E-state index contributed by atoms with van der Waals surface area (Å²) < 4.78 is 20.9. The molecule has 0 aliphatic heterocycles. The molecule has 150 valence electrons. The van der Waals surface area contributed by atoms with Crippen molar-refractivity contribution >= 4 is 6.09 Å². The first-order valence-corrected chi connectivity index (χ1v) is 9.43. The van der Waals surface area contributed by atoms with Crippen LogP contribution >= 0.6 is 0 Å². The van der Waals surface area contributed by atoms with Crippen LogP contribution in [0.2, 0.25) is 0 Å². The molecule has 2 N–H and O–H groups in total. The first-order chi connectivity index (χ1) is 13.0. The third-order valence-electron chi connectivity index (χ3n) is 5.08. The van der Waals surface area contributed by atoms with Crippen LogP contribution in [0, 0.1) is 11.2 Å². The summed E-state index contributed by atoms with van der Waals surface area (Å²) in [5.41, 5.74) is 2.13. The third-order valence-corrected chi connectivity index (χ3v) is 5.08. The number of rotatable bonds is 3. The minimum Gasteiger partial charge on any atom is -0.472 e. The molecule has 1 heterocycles. The summed E-state index contributed by atoms with van der Waals surface area (Å²) in [4.78, 5) is 15.5. The van der Waals surface area contributed by atoms with Gasteiger partial charge in [0.25, 0.3) is 0 Å². The highest BCUT2D eigenvalue weighted by Gasteiger charge is 2.37. The van der Waals surface area contributed by atoms with Crippen LogP contribution in [0.4, 0.5) is 9.18 Å². The number of halogens is 1. The number of pyridine rings is 1. The molecule has 28 heavy (non-hydrogen) atoms. The number of fused-ring (bicyclic) bond motifs is 1. The summed E-state index contributed by atoms with van der Waals surface area (Å²) in [7, 11) is 0. The van der Waals surface area contributed by atoms with E-state index in [2.05, 4.69) is 10.3 Å². The van der Waals surface area contributed by atoms with Gasteiger partial charge in [-0.15, -0.1) is 0 Å². The second kappa shape index (κ2) is 7.08. The molecule has 0 spiro atoms. The molecule has 0 radical (unpaired) electrons. The van der Waals surface area contributed by atoms with Crippen LogP contribution in [0.15, 0.2) is 30.5 Å². The summed E-state index contributed by atoms with van der Waals surface area (Å²) in [6, 6.07) is 6.33. The number of carboxylic acid groups (broad SMARTS) is 1. The molecule has 0 unspecified atom stereocenters. The van der Waals surface area contributed by atoms with Gasteiger partial charge in [0.2, 0.25) is 5.88 Å². The Hall–Kier alpha value is -2.63. The Bertz CT molecular complexity index is 903. The van der Waals surface area contributed by atoms with E-state index in [9.17, 15) is 9.90 Å². The number of carbonyl (C=O) groups is 1. The molecule has 0 saturated heterocycles. The number of hydrogen-bond donors (Lipinski definition) is 2. The third kappa shape index (κ3) is 4.26. The highest BCUT2D eigenvalue weighted by atomic mass is 19.1. The molecule has 0 bridgehead atoms. The Morgan fingerprint density at radius 2 is 2.04 bits per heavy atom. The fourth-order valence-corrected chi connectivity index (χ4v) is 3.71. The van der Waals surface area contributed by atoms with Gasteiger partial charge in [-0.2, -0.15) is 0 Å². The number of hydrogen-bond acceptors (Lipinski definition) is 3. The molecule has 6 heteroatoms. The number of aryl methyl sites for hydroxylation is 1. The second-order valence-electron chi connectivity index (χ2n) is 9.00. The normalized spacial score (nSPS) is 18.3. The van der Waals surface area contributed by atoms with Gasteiger partial charge in [-0.05, 0) is 73.9 Å². The van der Waals surface area contributed by atoms with E-state index in [1.807, 2.05) is 40.7 Å². The Morgan fingerprint density at radius 3 is 2.68 bits per heavy atom. The Morgan fingerprint density at radius 1 is 1.32 bits per heavy atom. The molecule has 0 saturated carbocycles. The predicted octanol–water partition coefficient (Wildman–Crippen LogP) is 5.35. The first-order valence-electron chi connectivity index (χ1n) is 9.43. The largest absolute Gasteiger partial charge is 0.472 e. The Labute approximate surface area is 165 Å². The van der Waals surface area contributed by atoms with Gasteiger partial charge in [0.1, 0.15) is 11.4 Å². The van der Waals surface area contributed by atoms with Crippen molar-refractivity contribution in [2.24, 2.45) is 5.41 Å². The molecule has 2 aromatic rings. The number of nitrogens with one attached hydrogen (secondary N) is 1. The standard InChI is InChI=1S/C22H27FN2O3/c1-21(2,3)28-18-11-14(7-9-24-18)15-10-13-6-8-22(4,5)19(25-20(26)27)16(13)12-17(15)23/h7,9-12,19,25H,6,8H2,1-5H3,(H,26,27)/t19-/m1/s1. The number of nitrogens with zero attached hydrogens (tertiary/aromatic N) is 1. The topological polar surface area (TPSA) is 71.5 Å². The maximum Gasteiger partial charge on any atom is 0.405 e. The minimum atomic E-state index is -1.10.